The molecule has 0 radical (unpaired) electrons. The van der Waals surface area contributed by atoms with E-state index < -0.39 is 93.0 Å². The van der Waals surface area contributed by atoms with Crippen molar-refractivity contribution in [3.63, 3.8) is 0 Å². The minimum absolute atomic E-state index is 0.0227. The standard InChI is InChI=1S/C60H69N5O19/c1-3-49-53(71)55(73)57(75)59(83-49)81-47-16-12-38(13-17-47)8-10-41-26-43(61-45(28-41)32-64(22-24-79-77)34-51(67)68)30-63(21-20-40-6-4-37(2)5-7-40)31-44-27-42(29-46(62-44)33-65(23-25-80-78)35-52(69)70)11-9-39-14-18-48(19-15-39)82-60-58(76)56(74)54(72)50(36-66)84-60/h4-7,12-19,24-29,49-50,53-60,66,71-78H,3,20-23,30-36H2,1-2H3,(H,67,68)(H,69,70)/q-2/p-2. The number of benzene rings is 3. The van der Waals surface area contributed by atoms with E-state index in [9.17, 15) is 66.1 Å². The average Bonchev–Trinajstić information content (AvgIpc) is 3.22. The first-order chi connectivity index (χ1) is 40.4. The molecule has 7 rings (SSSR count). The largest absolute Gasteiger partial charge is 0.759 e. The predicted octanol–water partition coefficient (Wildman–Crippen LogP) is -0.715. The van der Waals surface area contributed by atoms with Crippen LogP contribution in [-0.2, 0) is 61.4 Å². The maximum atomic E-state index is 11.9. The number of aryl methyl sites for hydroxylation is 1. The van der Waals surface area contributed by atoms with Crippen LogP contribution in [0.3, 0.4) is 0 Å². The average molecular weight is 1160 g/mol. The zero-order valence-corrected chi connectivity index (χ0v) is 46.0. The molecule has 84 heavy (non-hydrogen) atoms. The molecule has 2 aliphatic rings. The second-order valence-electron chi connectivity index (χ2n) is 20.2. The van der Waals surface area contributed by atoms with E-state index in [1.54, 1.807) is 79.7 Å². The third-order valence-electron chi connectivity index (χ3n) is 13.6. The van der Waals surface area contributed by atoms with Gasteiger partial charge in [-0.2, -0.15) is 0 Å². The van der Waals surface area contributed by atoms with Crippen LogP contribution < -0.4 is 20.0 Å². The lowest BCUT2D eigenvalue weighted by Crippen LogP contribution is -2.60. The third-order valence-corrected chi connectivity index (χ3v) is 13.6. The van der Waals surface area contributed by atoms with E-state index >= 15 is 0 Å². The molecule has 9 N–H and O–H groups in total. The molecule has 5 aromatic rings. The topological polar surface area (TPSA) is 353 Å². The van der Waals surface area contributed by atoms with Gasteiger partial charge in [0.2, 0.25) is 12.6 Å². The lowest BCUT2D eigenvalue weighted by molar-refractivity contribution is -0.675. The molecule has 0 amide bonds. The molecule has 2 aliphatic heterocycles. The van der Waals surface area contributed by atoms with Crippen molar-refractivity contribution in [3.8, 4) is 35.2 Å². The normalized spacial score (nSPS) is 22.3. The highest BCUT2D eigenvalue weighted by Gasteiger charge is 2.45. The summed E-state index contributed by atoms with van der Waals surface area (Å²) in [5.74, 6) is 10.8. The highest BCUT2D eigenvalue weighted by molar-refractivity contribution is 5.69. The van der Waals surface area contributed by atoms with Crippen molar-refractivity contribution in [3.05, 3.63) is 166 Å². The van der Waals surface area contributed by atoms with Crippen molar-refractivity contribution in [2.24, 2.45) is 0 Å². The zero-order chi connectivity index (χ0) is 60.3. The molecule has 10 atom stereocenters. The minimum Gasteiger partial charge on any atom is -0.759 e. The lowest BCUT2D eigenvalue weighted by Gasteiger charge is -2.40. The molecule has 0 saturated carbocycles. The van der Waals surface area contributed by atoms with Crippen molar-refractivity contribution in [2.75, 3.05) is 39.3 Å². The molecule has 2 fully saturated rings. The van der Waals surface area contributed by atoms with Crippen LogP contribution in [0, 0.1) is 43.8 Å². The summed E-state index contributed by atoms with van der Waals surface area (Å²) in [6.45, 7) is 4.61. The van der Waals surface area contributed by atoms with Gasteiger partial charge in [-0.1, -0.05) is 60.4 Å². The Labute approximate surface area is 485 Å². The molecule has 24 heteroatoms. The van der Waals surface area contributed by atoms with Crippen LogP contribution in [0.1, 0.15) is 69.5 Å². The number of carboxylic acids is 2. The summed E-state index contributed by atoms with van der Waals surface area (Å²) in [6, 6.07) is 28.0. The Bertz CT molecular complexity index is 2860. The van der Waals surface area contributed by atoms with Gasteiger partial charge in [-0.3, -0.25) is 24.5 Å². The number of aromatic nitrogens is 2. The summed E-state index contributed by atoms with van der Waals surface area (Å²) >= 11 is 0. The number of rotatable bonds is 27. The Morgan fingerprint density at radius 3 is 1.35 bits per heavy atom. The molecular formula is C60H67N5O19-4. The molecule has 24 nitrogen and oxygen atoms in total. The number of hydrogen-bond acceptors (Lipinski definition) is 22. The first-order valence-corrected chi connectivity index (χ1v) is 26.8. The van der Waals surface area contributed by atoms with Crippen LogP contribution in [0.4, 0.5) is 0 Å². The monoisotopic (exact) mass is 1160 g/mol. The molecule has 10 unspecified atom stereocenters. The number of hydrogen-bond donors (Lipinski definition) is 9. The summed E-state index contributed by atoms with van der Waals surface area (Å²) in [7, 11) is 0. The number of carboxylic acid groups (broad SMARTS) is 2. The van der Waals surface area contributed by atoms with Crippen LogP contribution in [0.2, 0.25) is 0 Å². The van der Waals surface area contributed by atoms with Crippen molar-refractivity contribution >= 4 is 11.9 Å². The van der Waals surface area contributed by atoms with Crippen LogP contribution >= 0.6 is 0 Å². The van der Waals surface area contributed by atoms with Crippen LogP contribution in [0.25, 0.3) is 0 Å². The highest BCUT2D eigenvalue weighted by atomic mass is 17.1. The van der Waals surface area contributed by atoms with Crippen molar-refractivity contribution in [1.29, 1.82) is 0 Å². The SMILES string of the molecule is CCC1OC(Oc2ccc(C#Cc3cc(CN(C[CH-]O[O-])CC(=O)O)nc(CN(CCc4ccc(C)cc4)Cc4cc(C#Cc5ccc(OC6OC(CO)C(O)C(O)C6O)cc5)cc(CN(C[CH-]O[O-])CC(=O)O)n4)c3)cc2)C(O)C(O)C1O. The van der Waals surface area contributed by atoms with Crippen molar-refractivity contribution < 1.29 is 94.8 Å². The van der Waals surface area contributed by atoms with Crippen LogP contribution in [-0.4, -0.2) is 183 Å². The van der Waals surface area contributed by atoms with Gasteiger partial charge >= 0.3 is 11.9 Å². The molecule has 2 saturated heterocycles. The summed E-state index contributed by atoms with van der Waals surface area (Å²) in [5.41, 5.74) is 6.10. The number of aliphatic hydroxyl groups excluding tert-OH is 7. The Morgan fingerprint density at radius 1 is 0.560 bits per heavy atom. The highest BCUT2D eigenvalue weighted by Crippen LogP contribution is 2.28. The molecule has 4 heterocycles. The van der Waals surface area contributed by atoms with E-state index in [1.807, 2.05) is 31.2 Å². The molecule has 0 aliphatic carbocycles. The second-order valence-corrected chi connectivity index (χ2v) is 20.2. The van der Waals surface area contributed by atoms with Gasteiger partial charge < -0.3 is 95.0 Å². The number of nitrogens with zero attached hydrogens (tertiary/aromatic N) is 5. The quantitative estimate of drug-likeness (QED) is 0.0136. The van der Waals surface area contributed by atoms with E-state index in [0.717, 1.165) is 24.3 Å². The number of aliphatic carboxylic acids is 2. The van der Waals surface area contributed by atoms with Gasteiger partial charge in [0.1, 0.15) is 54.2 Å². The Hall–Kier alpha value is -7.02. The minimum atomic E-state index is -1.63. The summed E-state index contributed by atoms with van der Waals surface area (Å²) in [5, 5.41) is 113. The van der Waals surface area contributed by atoms with Crippen molar-refractivity contribution in [2.45, 2.75) is 114 Å². The van der Waals surface area contributed by atoms with Gasteiger partial charge in [-0.15, -0.1) is 13.1 Å². The molecular weight excluding hydrogens is 1090 g/mol. The van der Waals surface area contributed by atoms with E-state index in [1.165, 1.54) is 9.80 Å². The van der Waals surface area contributed by atoms with Crippen LogP contribution in [0.5, 0.6) is 11.5 Å². The third kappa shape index (κ3) is 19.3. The number of carbonyl (C=O) groups is 2. The fraction of sp³-hybridized carbons (Fsp3) is 0.400. The molecule has 3 aromatic carbocycles. The van der Waals surface area contributed by atoms with E-state index in [-0.39, 0.29) is 45.0 Å². The van der Waals surface area contributed by atoms with Crippen LogP contribution in [0.15, 0.2) is 97.1 Å². The summed E-state index contributed by atoms with van der Waals surface area (Å²) in [4.78, 5) is 46.7. The lowest BCUT2D eigenvalue weighted by atomic mass is 9.97. The summed E-state index contributed by atoms with van der Waals surface area (Å²) in [6.07, 6.45) is -12.7. The molecule has 0 bridgehead atoms. The summed E-state index contributed by atoms with van der Waals surface area (Å²) < 4.78 is 22.8. The van der Waals surface area contributed by atoms with Crippen molar-refractivity contribution in [1.82, 2.24) is 24.7 Å². The smallest absolute Gasteiger partial charge is 0.317 e. The maximum Gasteiger partial charge on any atom is 0.317 e. The van der Waals surface area contributed by atoms with Gasteiger partial charge in [0.15, 0.2) is 0 Å². The predicted molar refractivity (Wildman–Crippen MR) is 291 cm³/mol. The van der Waals surface area contributed by atoms with Gasteiger partial charge in [0, 0.05) is 55.0 Å². The second kappa shape index (κ2) is 31.8. The maximum absolute atomic E-state index is 11.9. The van der Waals surface area contributed by atoms with E-state index in [0.29, 0.717) is 70.2 Å². The van der Waals surface area contributed by atoms with Gasteiger partial charge in [0.05, 0.1) is 48.6 Å². The fourth-order valence-electron chi connectivity index (χ4n) is 9.27. The molecule has 450 valence electrons. The Morgan fingerprint density at radius 2 is 0.952 bits per heavy atom. The van der Waals surface area contributed by atoms with E-state index in [2.05, 4.69) is 38.4 Å². The number of pyridine rings is 2. The molecule has 2 aromatic heterocycles. The van der Waals surface area contributed by atoms with Gasteiger partial charge in [0.25, 0.3) is 0 Å². The first kappa shape index (κ1) is 64.5. The fourth-order valence-corrected chi connectivity index (χ4v) is 9.27. The van der Waals surface area contributed by atoms with Gasteiger partial charge in [-0.05, 0) is 98.1 Å². The number of ether oxygens (including phenoxy) is 4. The first-order valence-electron chi connectivity index (χ1n) is 26.8. The van der Waals surface area contributed by atoms with E-state index in [4.69, 9.17) is 28.9 Å². The number of aliphatic hydroxyl groups is 7. The molecule has 0 spiro atoms. The Kier molecular flexibility index (Phi) is 24.4. The zero-order valence-electron chi connectivity index (χ0n) is 46.0. The van der Waals surface area contributed by atoms with Gasteiger partial charge in [-0.25, -0.2) is 13.2 Å². The Balaban J connectivity index is 1.21.